The molecular formula is C14H18Cl2OS. The van der Waals surface area contributed by atoms with Gasteiger partial charge >= 0.3 is 0 Å². The third-order valence-electron chi connectivity index (χ3n) is 2.92. The first kappa shape index (κ1) is 15.9. The van der Waals surface area contributed by atoms with Gasteiger partial charge in [-0.1, -0.05) is 44.0 Å². The predicted molar refractivity (Wildman–Crippen MR) is 82.1 cm³/mol. The van der Waals surface area contributed by atoms with Crippen LogP contribution in [-0.2, 0) is 0 Å². The number of Topliss-reactive ketones (excluding diaryl/α,β-unsaturated/α-hetero) is 1. The highest BCUT2D eigenvalue weighted by Gasteiger charge is 2.21. The predicted octanol–water partition coefficient (Wildman–Crippen LogP) is 5.34. The van der Waals surface area contributed by atoms with Crippen molar-refractivity contribution >= 4 is 40.7 Å². The third kappa shape index (κ3) is 4.18. The number of hydrogen-bond donors (Lipinski definition) is 0. The van der Waals surface area contributed by atoms with Crippen molar-refractivity contribution in [3.05, 3.63) is 33.8 Å². The molecule has 0 aliphatic heterocycles. The van der Waals surface area contributed by atoms with Crippen molar-refractivity contribution in [2.45, 2.75) is 38.2 Å². The second-order valence-corrected chi connectivity index (χ2v) is 7.28. The summed E-state index contributed by atoms with van der Waals surface area (Å²) in [5.41, 5.74) is 0.553. The van der Waals surface area contributed by atoms with Crippen LogP contribution in [0.5, 0.6) is 0 Å². The normalized spacial score (nSPS) is 14.6. The van der Waals surface area contributed by atoms with Gasteiger partial charge < -0.3 is 0 Å². The number of carbonyl (C=O) groups is 1. The third-order valence-corrected chi connectivity index (χ3v) is 5.07. The molecule has 1 rings (SSSR count). The molecule has 0 aliphatic carbocycles. The molecule has 1 aromatic rings. The summed E-state index contributed by atoms with van der Waals surface area (Å²) in [4.78, 5) is 12.3. The molecule has 0 spiro atoms. The Labute approximate surface area is 123 Å². The number of hydrogen-bond acceptors (Lipinski definition) is 2. The maximum absolute atomic E-state index is 12.3. The molecule has 0 heterocycles. The Balaban J connectivity index is 2.80. The van der Waals surface area contributed by atoms with Gasteiger partial charge in [-0.15, -0.1) is 11.8 Å². The monoisotopic (exact) mass is 304 g/mol. The van der Waals surface area contributed by atoms with E-state index in [2.05, 4.69) is 20.8 Å². The molecule has 0 amide bonds. The Bertz CT molecular complexity index is 432. The molecule has 2 atom stereocenters. The first-order chi connectivity index (χ1) is 8.32. The van der Waals surface area contributed by atoms with E-state index in [0.29, 0.717) is 26.8 Å². The van der Waals surface area contributed by atoms with E-state index >= 15 is 0 Å². The van der Waals surface area contributed by atoms with Gasteiger partial charge in [-0.25, -0.2) is 0 Å². The van der Waals surface area contributed by atoms with E-state index < -0.39 is 0 Å². The van der Waals surface area contributed by atoms with Gasteiger partial charge in [0.25, 0.3) is 0 Å². The minimum Gasteiger partial charge on any atom is -0.293 e. The zero-order chi connectivity index (χ0) is 13.9. The molecule has 0 N–H and O–H groups in total. The first-order valence-corrected chi connectivity index (χ1v) is 7.67. The first-order valence-electron chi connectivity index (χ1n) is 5.97. The molecule has 2 unspecified atom stereocenters. The average molecular weight is 305 g/mol. The van der Waals surface area contributed by atoms with E-state index in [-0.39, 0.29) is 11.0 Å². The van der Waals surface area contributed by atoms with E-state index in [0.717, 1.165) is 0 Å². The fourth-order valence-corrected chi connectivity index (χ4v) is 3.16. The molecule has 0 fully saturated rings. The van der Waals surface area contributed by atoms with Gasteiger partial charge in [0.15, 0.2) is 5.78 Å². The van der Waals surface area contributed by atoms with Gasteiger partial charge in [-0.2, -0.15) is 0 Å². The maximum atomic E-state index is 12.3. The Morgan fingerprint density at radius 3 is 2.28 bits per heavy atom. The van der Waals surface area contributed by atoms with Gasteiger partial charge in [-0.3, -0.25) is 4.79 Å². The van der Waals surface area contributed by atoms with Crippen LogP contribution in [0.1, 0.15) is 38.1 Å². The Morgan fingerprint density at radius 2 is 1.78 bits per heavy atom. The minimum absolute atomic E-state index is 0.0640. The molecule has 0 bridgehead atoms. The summed E-state index contributed by atoms with van der Waals surface area (Å²) in [5.74, 6) is 0.611. The van der Waals surface area contributed by atoms with Crippen LogP contribution < -0.4 is 0 Å². The lowest BCUT2D eigenvalue weighted by molar-refractivity contribution is 0.0994. The summed E-state index contributed by atoms with van der Waals surface area (Å²) in [6.45, 7) is 8.38. The maximum Gasteiger partial charge on any atom is 0.177 e. The Hall–Kier alpha value is -0.180. The highest BCUT2D eigenvalue weighted by Crippen LogP contribution is 2.29. The Kier molecular flexibility index (Phi) is 6.03. The molecule has 4 heteroatoms. The van der Waals surface area contributed by atoms with Crippen LogP contribution in [0.2, 0.25) is 10.0 Å². The SMILES string of the molecule is CC(SC(C)C(C)C)C(=O)c1ccc(Cl)cc1Cl. The van der Waals surface area contributed by atoms with Crippen LogP contribution in [0.25, 0.3) is 0 Å². The van der Waals surface area contributed by atoms with Crippen LogP contribution >= 0.6 is 35.0 Å². The van der Waals surface area contributed by atoms with Crippen LogP contribution in [0, 0.1) is 5.92 Å². The lowest BCUT2D eigenvalue weighted by Gasteiger charge is -2.19. The fourth-order valence-electron chi connectivity index (χ4n) is 1.45. The topological polar surface area (TPSA) is 17.1 Å². The number of halogens is 2. The molecule has 0 aromatic heterocycles. The molecule has 18 heavy (non-hydrogen) atoms. The zero-order valence-electron chi connectivity index (χ0n) is 11.0. The number of thioether (sulfide) groups is 1. The van der Waals surface area contributed by atoms with Gasteiger partial charge in [0.05, 0.1) is 10.3 Å². The number of carbonyl (C=O) groups excluding carboxylic acids is 1. The summed E-state index contributed by atoms with van der Waals surface area (Å²) in [5, 5.41) is 1.32. The van der Waals surface area contributed by atoms with Crippen molar-refractivity contribution in [3.63, 3.8) is 0 Å². The van der Waals surface area contributed by atoms with Crippen LogP contribution in [0.15, 0.2) is 18.2 Å². The van der Waals surface area contributed by atoms with Crippen molar-refractivity contribution in [2.75, 3.05) is 0 Å². The molecule has 1 nitrogen and oxygen atoms in total. The lowest BCUT2D eigenvalue weighted by Crippen LogP contribution is -2.19. The standard InChI is InChI=1S/C14H18Cl2OS/c1-8(2)9(3)18-10(4)14(17)12-6-5-11(15)7-13(12)16/h5-10H,1-4H3. The summed E-state index contributed by atoms with van der Waals surface area (Å²) >= 11 is 13.6. The van der Waals surface area contributed by atoms with Gasteiger partial charge in [-0.05, 0) is 31.0 Å². The van der Waals surface area contributed by atoms with E-state index in [4.69, 9.17) is 23.2 Å². The van der Waals surface area contributed by atoms with Crippen molar-refractivity contribution < 1.29 is 4.79 Å². The molecule has 1 aromatic carbocycles. The van der Waals surface area contributed by atoms with Crippen LogP contribution in [0.3, 0.4) is 0 Å². The van der Waals surface area contributed by atoms with Crippen molar-refractivity contribution in [2.24, 2.45) is 5.92 Å². The molecule has 0 aliphatic rings. The second kappa shape index (κ2) is 6.83. The minimum atomic E-state index is -0.0962. The quantitative estimate of drug-likeness (QED) is 0.683. The van der Waals surface area contributed by atoms with E-state index in [1.54, 1.807) is 30.0 Å². The van der Waals surface area contributed by atoms with Crippen molar-refractivity contribution in [1.29, 1.82) is 0 Å². The van der Waals surface area contributed by atoms with Crippen LogP contribution in [0.4, 0.5) is 0 Å². The number of rotatable bonds is 5. The molecule has 0 radical (unpaired) electrons. The van der Waals surface area contributed by atoms with Gasteiger partial charge in [0.2, 0.25) is 0 Å². The van der Waals surface area contributed by atoms with E-state index in [1.165, 1.54) is 0 Å². The van der Waals surface area contributed by atoms with E-state index in [1.807, 2.05) is 6.92 Å². The van der Waals surface area contributed by atoms with Crippen molar-refractivity contribution in [1.82, 2.24) is 0 Å². The molecule has 0 saturated carbocycles. The summed E-state index contributed by atoms with van der Waals surface area (Å²) < 4.78 is 0. The van der Waals surface area contributed by atoms with Crippen molar-refractivity contribution in [3.8, 4) is 0 Å². The smallest absolute Gasteiger partial charge is 0.177 e. The fraction of sp³-hybridized carbons (Fsp3) is 0.500. The second-order valence-electron chi connectivity index (χ2n) is 4.72. The summed E-state index contributed by atoms with van der Waals surface area (Å²) in [6, 6.07) is 5.01. The number of ketones is 1. The summed E-state index contributed by atoms with van der Waals surface area (Å²) in [7, 11) is 0. The Morgan fingerprint density at radius 1 is 1.17 bits per heavy atom. The average Bonchev–Trinajstić information content (AvgIpc) is 2.27. The number of benzene rings is 1. The molecule has 100 valence electrons. The van der Waals surface area contributed by atoms with Gasteiger partial charge in [0, 0.05) is 15.8 Å². The van der Waals surface area contributed by atoms with E-state index in [9.17, 15) is 4.79 Å². The lowest BCUT2D eigenvalue weighted by atomic mass is 10.1. The molecular weight excluding hydrogens is 287 g/mol. The van der Waals surface area contributed by atoms with Gasteiger partial charge in [0.1, 0.15) is 0 Å². The van der Waals surface area contributed by atoms with Crippen LogP contribution in [-0.4, -0.2) is 16.3 Å². The summed E-state index contributed by atoms with van der Waals surface area (Å²) in [6.07, 6.45) is 0. The highest BCUT2D eigenvalue weighted by molar-refractivity contribution is 8.01. The largest absolute Gasteiger partial charge is 0.293 e. The molecule has 0 saturated heterocycles. The zero-order valence-corrected chi connectivity index (χ0v) is 13.4. The highest BCUT2D eigenvalue weighted by atomic mass is 35.5.